The third-order valence-electron chi connectivity index (χ3n) is 0.707. The van der Waals surface area contributed by atoms with E-state index in [0.29, 0.717) is 5.57 Å². The summed E-state index contributed by atoms with van der Waals surface area (Å²) in [7, 11) is 0. The molecule has 9 heavy (non-hydrogen) atoms. The predicted molar refractivity (Wildman–Crippen MR) is 37.4 cm³/mol. The normalized spacial score (nSPS) is 7.33. The van der Waals surface area contributed by atoms with Gasteiger partial charge in [0.05, 0.1) is 0 Å². The van der Waals surface area contributed by atoms with Crippen molar-refractivity contribution in [2.45, 2.75) is 13.8 Å². The van der Waals surface area contributed by atoms with Crippen LogP contribution in [0, 0.1) is 0 Å². The van der Waals surface area contributed by atoms with E-state index >= 15 is 0 Å². The van der Waals surface area contributed by atoms with E-state index in [1.54, 1.807) is 13.8 Å². The quantitative estimate of drug-likeness (QED) is 0.429. The van der Waals surface area contributed by atoms with Gasteiger partial charge in [0.15, 0.2) is 5.76 Å². The van der Waals surface area contributed by atoms with E-state index < -0.39 is 5.91 Å². The maximum atomic E-state index is 10.1. The minimum atomic E-state index is -0.773. The van der Waals surface area contributed by atoms with Crippen LogP contribution in [0.15, 0.2) is 11.3 Å². The van der Waals surface area contributed by atoms with Crippen LogP contribution in [0.5, 0.6) is 0 Å². The molecule has 3 nitrogen and oxygen atoms in total. The Balaban J connectivity index is 0. The Hall–Kier alpha value is -0.700. The number of carbonyl (C=O) groups excluding carboxylic acids is 1. The van der Waals surface area contributed by atoms with Gasteiger partial charge in [-0.05, 0) is 19.4 Å². The highest BCUT2D eigenvalue weighted by atomic mass is 35.5. The predicted octanol–water partition coefficient (Wildman–Crippen LogP) is 0.745. The molecule has 4 heteroatoms. The number of nitrogens with two attached hydrogens (primary N) is 1. The molecule has 0 aliphatic rings. The van der Waals surface area contributed by atoms with Crippen LogP contribution in [-0.2, 0) is 4.79 Å². The van der Waals surface area contributed by atoms with Crippen LogP contribution in [0.25, 0.3) is 0 Å². The number of aliphatic hydroxyl groups is 1. The van der Waals surface area contributed by atoms with Crippen molar-refractivity contribution in [2.75, 3.05) is 0 Å². The van der Waals surface area contributed by atoms with Gasteiger partial charge in [-0.15, -0.1) is 12.4 Å². The molecule has 1 amide bonds. The standard InChI is InChI=1S/C5H9NO2.ClH/c1-3(2)4(7)5(6)8;/h7H,1-2H3,(H2,6,8);1H. The number of halogens is 1. The summed E-state index contributed by atoms with van der Waals surface area (Å²) in [6, 6.07) is 0. The summed E-state index contributed by atoms with van der Waals surface area (Å²) in [5.74, 6) is -1.12. The minimum Gasteiger partial charge on any atom is -0.503 e. The Bertz CT molecular complexity index is 138. The molecular weight excluding hydrogens is 142 g/mol. The van der Waals surface area contributed by atoms with Crippen molar-refractivity contribution in [3.8, 4) is 0 Å². The molecule has 0 aliphatic carbocycles. The zero-order valence-corrected chi connectivity index (χ0v) is 6.16. The average molecular weight is 152 g/mol. The zero-order chi connectivity index (χ0) is 6.73. The summed E-state index contributed by atoms with van der Waals surface area (Å²) >= 11 is 0. The van der Waals surface area contributed by atoms with Crippen LogP contribution in [0.2, 0.25) is 0 Å². The van der Waals surface area contributed by atoms with Gasteiger partial charge in [0.25, 0.3) is 5.91 Å². The molecule has 0 heterocycles. The summed E-state index contributed by atoms with van der Waals surface area (Å²) in [6.07, 6.45) is 0. The van der Waals surface area contributed by atoms with Gasteiger partial charge in [0.1, 0.15) is 0 Å². The molecule has 0 aromatic carbocycles. The lowest BCUT2D eigenvalue weighted by Gasteiger charge is -1.92. The summed E-state index contributed by atoms with van der Waals surface area (Å²) in [4.78, 5) is 10.1. The van der Waals surface area contributed by atoms with Gasteiger partial charge in [0, 0.05) is 0 Å². The second kappa shape index (κ2) is 4.21. The van der Waals surface area contributed by atoms with Crippen molar-refractivity contribution in [1.29, 1.82) is 0 Å². The smallest absolute Gasteiger partial charge is 0.283 e. The Morgan fingerprint density at radius 1 is 1.44 bits per heavy atom. The molecule has 0 rings (SSSR count). The molecule has 0 aromatic rings. The highest BCUT2D eigenvalue weighted by Crippen LogP contribution is 1.95. The Labute approximate surface area is 60.0 Å². The Morgan fingerprint density at radius 3 is 1.78 bits per heavy atom. The number of amides is 1. The Morgan fingerprint density at radius 2 is 1.78 bits per heavy atom. The first-order valence-electron chi connectivity index (χ1n) is 2.22. The summed E-state index contributed by atoms with van der Waals surface area (Å²) in [5.41, 5.74) is 5.23. The molecule has 3 N–H and O–H groups in total. The fourth-order valence-corrected chi connectivity index (χ4v) is 0.246. The van der Waals surface area contributed by atoms with Crippen molar-refractivity contribution in [3.63, 3.8) is 0 Å². The molecule has 0 aliphatic heterocycles. The molecule has 0 unspecified atom stereocenters. The fourth-order valence-electron chi connectivity index (χ4n) is 0.246. The van der Waals surface area contributed by atoms with Gasteiger partial charge in [-0.2, -0.15) is 0 Å². The van der Waals surface area contributed by atoms with E-state index in [0.717, 1.165) is 0 Å². The number of primary amides is 1. The summed E-state index contributed by atoms with van der Waals surface area (Å²) in [6.45, 7) is 3.22. The van der Waals surface area contributed by atoms with E-state index in [9.17, 15) is 4.79 Å². The van der Waals surface area contributed by atoms with Crippen LogP contribution in [0.4, 0.5) is 0 Å². The van der Waals surface area contributed by atoms with Crippen LogP contribution < -0.4 is 5.73 Å². The first-order chi connectivity index (χ1) is 3.55. The molecular formula is C5H10ClNO2. The van der Waals surface area contributed by atoms with Crippen molar-refractivity contribution < 1.29 is 9.90 Å². The van der Waals surface area contributed by atoms with E-state index in [1.165, 1.54) is 0 Å². The first-order valence-corrected chi connectivity index (χ1v) is 2.22. The number of rotatable bonds is 1. The molecule has 0 saturated heterocycles. The summed E-state index contributed by atoms with van der Waals surface area (Å²) in [5, 5.41) is 8.61. The van der Waals surface area contributed by atoms with Crippen LogP contribution in [0.1, 0.15) is 13.8 Å². The van der Waals surface area contributed by atoms with Crippen LogP contribution in [-0.4, -0.2) is 11.0 Å². The largest absolute Gasteiger partial charge is 0.503 e. The third-order valence-corrected chi connectivity index (χ3v) is 0.707. The molecule has 0 spiro atoms. The Kier molecular flexibility index (Phi) is 5.21. The number of hydrogen-bond acceptors (Lipinski definition) is 2. The molecule has 0 bridgehead atoms. The van der Waals surface area contributed by atoms with Gasteiger partial charge in [-0.3, -0.25) is 4.79 Å². The second-order valence-corrected chi connectivity index (χ2v) is 1.71. The zero-order valence-electron chi connectivity index (χ0n) is 5.34. The van der Waals surface area contributed by atoms with Gasteiger partial charge in [-0.25, -0.2) is 0 Å². The van der Waals surface area contributed by atoms with Gasteiger partial charge < -0.3 is 10.8 Å². The maximum Gasteiger partial charge on any atom is 0.283 e. The molecule has 0 fully saturated rings. The maximum absolute atomic E-state index is 10.1. The average Bonchev–Trinajstić information content (AvgIpc) is 1.64. The molecule has 0 saturated carbocycles. The topological polar surface area (TPSA) is 63.3 Å². The lowest BCUT2D eigenvalue weighted by molar-refractivity contribution is -0.117. The fraction of sp³-hybridized carbons (Fsp3) is 0.400. The number of aliphatic hydroxyl groups excluding tert-OH is 1. The van der Waals surface area contributed by atoms with Gasteiger partial charge >= 0.3 is 0 Å². The summed E-state index contributed by atoms with van der Waals surface area (Å²) < 4.78 is 0. The second-order valence-electron chi connectivity index (χ2n) is 1.71. The molecule has 0 radical (unpaired) electrons. The number of allylic oxidation sites excluding steroid dienone is 1. The van der Waals surface area contributed by atoms with Crippen LogP contribution in [0.3, 0.4) is 0 Å². The number of hydrogen-bond donors (Lipinski definition) is 2. The van der Waals surface area contributed by atoms with E-state index in [-0.39, 0.29) is 18.2 Å². The highest BCUT2D eigenvalue weighted by molar-refractivity contribution is 5.89. The highest BCUT2D eigenvalue weighted by Gasteiger charge is 2.00. The molecule has 54 valence electrons. The van der Waals surface area contributed by atoms with Gasteiger partial charge in [-0.1, -0.05) is 0 Å². The minimum absolute atomic E-state index is 0. The van der Waals surface area contributed by atoms with Crippen molar-refractivity contribution in [2.24, 2.45) is 5.73 Å². The third kappa shape index (κ3) is 3.85. The van der Waals surface area contributed by atoms with E-state index in [2.05, 4.69) is 0 Å². The lowest BCUT2D eigenvalue weighted by Crippen LogP contribution is -2.14. The van der Waals surface area contributed by atoms with Crippen molar-refractivity contribution in [3.05, 3.63) is 11.3 Å². The molecule has 0 atom stereocenters. The SMILES string of the molecule is CC(C)=C(O)C(N)=O.Cl. The van der Waals surface area contributed by atoms with E-state index in [1.807, 2.05) is 0 Å². The van der Waals surface area contributed by atoms with Crippen LogP contribution >= 0.6 is 12.4 Å². The number of carbonyl (C=O) groups is 1. The van der Waals surface area contributed by atoms with Crippen molar-refractivity contribution in [1.82, 2.24) is 0 Å². The lowest BCUT2D eigenvalue weighted by atomic mass is 10.3. The monoisotopic (exact) mass is 151 g/mol. The first kappa shape index (κ1) is 11.1. The van der Waals surface area contributed by atoms with E-state index in [4.69, 9.17) is 10.8 Å². The van der Waals surface area contributed by atoms with Crippen molar-refractivity contribution >= 4 is 18.3 Å². The van der Waals surface area contributed by atoms with Gasteiger partial charge in [0.2, 0.25) is 0 Å². The molecule has 0 aromatic heterocycles.